The van der Waals surface area contributed by atoms with Crippen LogP contribution in [0.4, 0.5) is 5.69 Å². The summed E-state index contributed by atoms with van der Waals surface area (Å²) < 4.78 is 5.78. The third-order valence-corrected chi connectivity index (χ3v) is 4.14. The van der Waals surface area contributed by atoms with Gasteiger partial charge in [0.1, 0.15) is 11.5 Å². The lowest BCUT2D eigenvalue weighted by Crippen LogP contribution is -2.07. The van der Waals surface area contributed by atoms with E-state index in [1.165, 1.54) is 6.08 Å². The molecule has 1 aromatic carbocycles. The summed E-state index contributed by atoms with van der Waals surface area (Å²) in [7, 11) is 0. The van der Waals surface area contributed by atoms with Gasteiger partial charge >= 0.3 is 0 Å². The molecule has 0 saturated carbocycles. The maximum Gasteiger partial charge on any atom is 0.248 e. The van der Waals surface area contributed by atoms with Crippen molar-refractivity contribution in [2.45, 2.75) is 13.8 Å². The van der Waals surface area contributed by atoms with Gasteiger partial charge in [-0.3, -0.25) is 9.78 Å². The van der Waals surface area contributed by atoms with Crippen LogP contribution in [0.15, 0.2) is 54.2 Å². The van der Waals surface area contributed by atoms with Gasteiger partial charge in [0.25, 0.3) is 0 Å². The summed E-state index contributed by atoms with van der Waals surface area (Å²) in [6.07, 6.45) is 6.52. The number of amides is 1. The molecule has 0 unspecified atom stereocenters. The van der Waals surface area contributed by atoms with E-state index in [9.17, 15) is 4.79 Å². The van der Waals surface area contributed by atoms with Gasteiger partial charge in [0.15, 0.2) is 0 Å². The topological polar surface area (TPSA) is 64.1 Å². The number of pyridine rings is 1. The third kappa shape index (κ3) is 4.74. The van der Waals surface area contributed by atoms with Crippen LogP contribution in [0.3, 0.4) is 0 Å². The van der Waals surface area contributed by atoms with Crippen LogP contribution in [0, 0.1) is 13.8 Å². The summed E-state index contributed by atoms with van der Waals surface area (Å²) >= 11 is 1.55. The minimum Gasteiger partial charge on any atom is -0.455 e. The largest absolute Gasteiger partial charge is 0.455 e. The highest BCUT2D eigenvalue weighted by atomic mass is 32.1. The molecule has 3 rings (SSSR count). The molecule has 0 atom stereocenters. The Morgan fingerprint density at radius 3 is 2.84 bits per heavy atom. The van der Waals surface area contributed by atoms with Crippen LogP contribution in [0.2, 0.25) is 0 Å². The smallest absolute Gasteiger partial charge is 0.248 e. The minimum atomic E-state index is -0.203. The first-order valence-electron chi connectivity index (χ1n) is 7.70. The molecule has 3 aromatic rings. The van der Waals surface area contributed by atoms with E-state index in [2.05, 4.69) is 15.3 Å². The third-order valence-electron chi connectivity index (χ3n) is 3.35. The Morgan fingerprint density at radius 1 is 1.28 bits per heavy atom. The Labute approximate surface area is 150 Å². The van der Waals surface area contributed by atoms with Gasteiger partial charge in [0.05, 0.1) is 16.9 Å². The number of anilines is 1. The van der Waals surface area contributed by atoms with Crippen molar-refractivity contribution < 1.29 is 9.53 Å². The van der Waals surface area contributed by atoms with Crippen molar-refractivity contribution in [3.05, 3.63) is 70.4 Å². The molecule has 0 bridgehead atoms. The van der Waals surface area contributed by atoms with E-state index in [0.717, 1.165) is 22.0 Å². The molecule has 0 spiro atoms. The number of thiazole rings is 1. The van der Waals surface area contributed by atoms with Gasteiger partial charge in [0.2, 0.25) is 5.91 Å². The van der Waals surface area contributed by atoms with Crippen LogP contribution >= 0.6 is 11.3 Å². The number of hydrogen-bond donors (Lipinski definition) is 1. The first-order chi connectivity index (χ1) is 12.1. The summed E-state index contributed by atoms with van der Waals surface area (Å²) in [6, 6.07) is 9.15. The van der Waals surface area contributed by atoms with Crippen LogP contribution in [0.1, 0.15) is 16.3 Å². The number of carbonyl (C=O) groups excluding carboxylic acids is 1. The van der Waals surface area contributed by atoms with E-state index in [4.69, 9.17) is 4.74 Å². The molecule has 1 N–H and O–H groups in total. The van der Waals surface area contributed by atoms with Gasteiger partial charge in [0, 0.05) is 23.3 Å². The van der Waals surface area contributed by atoms with E-state index in [0.29, 0.717) is 11.4 Å². The minimum absolute atomic E-state index is 0.203. The van der Waals surface area contributed by atoms with Crippen molar-refractivity contribution >= 4 is 29.0 Å². The number of aryl methyl sites for hydroxylation is 2. The van der Waals surface area contributed by atoms with Gasteiger partial charge in [-0.2, -0.15) is 0 Å². The lowest BCUT2D eigenvalue weighted by molar-refractivity contribution is -0.111. The quantitative estimate of drug-likeness (QED) is 0.682. The first-order valence-corrected chi connectivity index (χ1v) is 8.58. The van der Waals surface area contributed by atoms with E-state index in [1.54, 1.807) is 35.9 Å². The van der Waals surface area contributed by atoms with Crippen molar-refractivity contribution in [2.24, 2.45) is 0 Å². The Hall–Kier alpha value is -2.99. The second kappa shape index (κ2) is 7.72. The monoisotopic (exact) mass is 351 g/mol. The number of nitrogens with zero attached hydrogens (tertiary/aromatic N) is 2. The standard InChI is InChI=1S/C19H17N3O2S/c1-13-10-15(5-7-18(13)24-17-4-3-9-20-11-17)22-19(23)8-6-16-12-25-14(2)21-16/h3-12H,1-2H3,(H,22,23). The lowest BCUT2D eigenvalue weighted by atomic mass is 10.2. The molecule has 126 valence electrons. The Balaban J connectivity index is 1.64. The predicted molar refractivity (Wildman–Crippen MR) is 100 cm³/mol. The van der Waals surface area contributed by atoms with Crippen molar-refractivity contribution in [3.8, 4) is 11.5 Å². The number of nitrogens with one attached hydrogen (secondary N) is 1. The zero-order valence-corrected chi connectivity index (χ0v) is 14.7. The molecule has 0 radical (unpaired) electrons. The number of hydrogen-bond acceptors (Lipinski definition) is 5. The number of aromatic nitrogens is 2. The molecule has 0 aliphatic rings. The van der Waals surface area contributed by atoms with Crippen molar-refractivity contribution in [1.29, 1.82) is 0 Å². The van der Waals surface area contributed by atoms with E-state index >= 15 is 0 Å². The maximum atomic E-state index is 12.0. The predicted octanol–water partition coefficient (Wildman–Crippen LogP) is 4.60. The van der Waals surface area contributed by atoms with Crippen LogP contribution < -0.4 is 10.1 Å². The van der Waals surface area contributed by atoms with Gasteiger partial charge < -0.3 is 10.1 Å². The summed E-state index contributed by atoms with van der Waals surface area (Å²) in [5.41, 5.74) is 2.41. The van der Waals surface area contributed by atoms with E-state index in [-0.39, 0.29) is 5.91 Å². The number of carbonyl (C=O) groups is 1. The summed E-state index contributed by atoms with van der Waals surface area (Å²) in [6.45, 7) is 3.86. The molecule has 0 saturated heterocycles. The first kappa shape index (κ1) is 16.9. The van der Waals surface area contributed by atoms with Gasteiger partial charge in [-0.15, -0.1) is 11.3 Å². The number of rotatable bonds is 5. The fourth-order valence-electron chi connectivity index (χ4n) is 2.18. The van der Waals surface area contributed by atoms with Crippen molar-refractivity contribution in [1.82, 2.24) is 9.97 Å². The molecular weight excluding hydrogens is 334 g/mol. The van der Waals surface area contributed by atoms with Gasteiger partial charge in [-0.05, 0) is 55.8 Å². The van der Waals surface area contributed by atoms with Crippen LogP contribution in [-0.4, -0.2) is 15.9 Å². The highest BCUT2D eigenvalue weighted by Crippen LogP contribution is 2.26. The number of benzene rings is 1. The SMILES string of the molecule is Cc1nc(C=CC(=O)Nc2ccc(Oc3cccnc3)c(C)c2)cs1. The normalized spacial score (nSPS) is 10.8. The molecule has 6 heteroatoms. The highest BCUT2D eigenvalue weighted by Gasteiger charge is 2.05. The zero-order valence-electron chi connectivity index (χ0n) is 13.9. The van der Waals surface area contributed by atoms with Gasteiger partial charge in [-0.1, -0.05) is 0 Å². The Morgan fingerprint density at radius 2 is 2.16 bits per heavy atom. The molecule has 0 aliphatic carbocycles. The van der Waals surface area contributed by atoms with Crippen molar-refractivity contribution in [2.75, 3.05) is 5.32 Å². The fourth-order valence-corrected chi connectivity index (χ4v) is 2.76. The molecule has 0 aliphatic heterocycles. The van der Waals surface area contributed by atoms with Gasteiger partial charge in [-0.25, -0.2) is 4.98 Å². The summed E-state index contributed by atoms with van der Waals surface area (Å²) in [4.78, 5) is 20.3. The van der Waals surface area contributed by atoms with E-state index < -0.39 is 0 Å². The average Bonchev–Trinajstić information content (AvgIpc) is 3.02. The van der Waals surface area contributed by atoms with Crippen LogP contribution in [-0.2, 0) is 4.79 Å². The summed E-state index contributed by atoms with van der Waals surface area (Å²) in [5.74, 6) is 1.19. The Bertz CT molecular complexity index is 904. The van der Waals surface area contributed by atoms with Crippen LogP contribution in [0.5, 0.6) is 11.5 Å². The molecule has 2 heterocycles. The summed E-state index contributed by atoms with van der Waals surface area (Å²) in [5, 5.41) is 5.72. The lowest BCUT2D eigenvalue weighted by Gasteiger charge is -2.10. The molecule has 1 amide bonds. The molecule has 5 nitrogen and oxygen atoms in total. The second-order valence-corrected chi connectivity index (χ2v) is 6.45. The van der Waals surface area contributed by atoms with Crippen LogP contribution in [0.25, 0.3) is 6.08 Å². The highest BCUT2D eigenvalue weighted by molar-refractivity contribution is 7.09. The maximum absolute atomic E-state index is 12.0. The van der Waals surface area contributed by atoms with E-state index in [1.807, 2.05) is 43.5 Å². The molecule has 0 fully saturated rings. The molecule has 2 aromatic heterocycles. The zero-order chi connectivity index (χ0) is 17.6. The fraction of sp³-hybridized carbons (Fsp3) is 0.105. The molecular formula is C19H17N3O2S. The van der Waals surface area contributed by atoms with Crippen molar-refractivity contribution in [3.63, 3.8) is 0 Å². The second-order valence-electron chi connectivity index (χ2n) is 5.39. The molecule has 25 heavy (non-hydrogen) atoms. The Kier molecular flexibility index (Phi) is 5.20. The number of ether oxygens (including phenoxy) is 1. The average molecular weight is 351 g/mol.